The summed E-state index contributed by atoms with van der Waals surface area (Å²) in [6.45, 7) is 3.68. The molecule has 2 aromatic carbocycles. The van der Waals surface area contributed by atoms with Crippen molar-refractivity contribution in [2.75, 3.05) is 0 Å². The Bertz CT molecular complexity index is 825. The second-order valence-electron chi connectivity index (χ2n) is 4.96. The SMILES string of the molecule is Cc1cccc2c1nc(C(C)Cl)n2-c1cc(F)ccc1F. The Morgan fingerprint density at radius 1 is 1.19 bits per heavy atom. The molecular weight excluding hydrogens is 294 g/mol. The van der Waals surface area contributed by atoms with E-state index >= 15 is 0 Å². The Kier molecular flexibility index (Phi) is 3.41. The van der Waals surface area contributed by atoms with Crippen LogP contribution in [0.1, 0.15) is 23.7 Å². The lowest BCUT2D eigenvalue weighted by atomic mass is 10.2. The summed E-state index contributed by atoms with van der Waals surface area (Å²) < 4.78 is 29.2. The summed E-state index contributed by atoms with van der Waals surface area (Å²) in [5.41, 5.74) is 2.53. The minimum Gasteiger partial charge on any atom is -0.292 e. The molecule has 1 unspecified atom stereocenters. The second-order valence-corrected chi connectivity index (χ2v) is 5.61. The zero-order valence-corrected chi connectivity index (χ0v) is 12.3. The predicted molar refractivity (Wildman–Crippen MR) is 80.0 cm³/mol. The van der Waals surface area contributed by atoms with Crippen LogP contribution >= 0.6 is 11.6 Å². The van der Waals surface area contributed by atoms with E-state index in [1.807, 2.05) is 25.1 Å². The topological polar surface area (TPSA) is 17.8 Å². The van der Waals surface area contributed by atoms with Crippen LogP contribution in [-0.2, 0) is 0 Å². The molecule has 0 bridgehead atoms. The largest absolute Gasteiger partial charge is 0.292 e. The van der Waals surface area contributed by atoms with Crippen LogP contribution in [0.15, 0.2) is 36.4 Å². The molecule has 1 heterocycles. The molecule has 0 amide bonds. The minimum absolute atomic E-state index is 0.116. The lowest BCUT2D eigenvalue weighted by Crippen LogP contribution is -2.04. The van der Waals surface area contributed by atoms with Crippen LogP contribution in [0.2, 0.25) is 0 Å². The Morgan fingerprint density at radius 2 is 1.95 bits per heavy atom. The van der Waals surface area contributed by atoms with Gasteiger partial charge in [0.2, 0.25) is 0 Å². The smallest absolute Gasteiger partial charge is 0.147 e. The average molecular weight is 307 g/mol. The third-order valence-electron chi connectivity index (χ3n) is 3.42. The van der Waals surface area contributed by atoms with Crippen molar-refractivity contribution in [3.8, 4) is 5.69 Å². The minimum atomic E-state index is -0.518. The summed E-state index contributed by atoms with van der Waals surface area (Å²) >= 11 is 6.17. The first-order chi connectivity index (χ1) is 9.99. The number of para-hydroxylation sites is 1. The normalized spacial score (nSPS) is 12.8. The maximum absolute atomic E-state index is 14.1. The molecule has 0 saturated heterocycles. The van der Waals surface area contributed by atoms with Crippen LogP contribution < -0.4 is 0 Å². The van der Waals surface area contributed by atoms with Gasteiger partial charge in [-0.05, 0) is 37.6 Å². The molecule has 0 N–H and O–H groups in total. The van der Waals surface area contributed by atoms with Crippen molar-refractivity contribution in [1.82, 2.24) is 9.55 Å². The van der Waals surface area contributed by atoms with Gasteiger partial charge in [-0.2, -0.15) is 0 Å². The van der Waals surface area contributed by atoms with Gasteiger partial charge in [-0.3, -0.25) is 4.57 Å². The van der Waals surface area contributed by atoms with E-state index in [0.29, 0.717) is 11.3 Å². The molecule has 108 valence electrons. The number of imidazole rings is 1. The van der Waals surface area contributed by atoms with Gasteiger partial charge in [0.1, 0.15) is 17.5 Å². The number of rotatable bonds is 2. The van der Waals surface area contributed by atoms with E-state index in [0.717, 1.165) is 29.3 Å². The molecule has 0 radical (unpaired) electrons. The number of fused-ring (bicyclic) bond motifs is 1. The molecule has 5 heteroatoms. The Morgan fingerprint density at radius 3 is 2.67 bits per heavy atom. The van der Waals surface area contributed by atoms with Crippen LogP contribution in [0.3, 0.4) is 0 Å². The van der Waals surface area contributed by atoms with Crippen LogP contribution in [0.25, 0.3) is 16.7 Å². The van der Waals surface area contributed by atoms with E-state index in [-0.39, 0.29) is 5.69 Å². The second kappa shape index (κ2) is 5.11. The van der Waals surface area contributed by atoms with Crippen molar-refractivity contribution in [2.45, 2.75) is 19.2 Å². The molecule has 0 fully saturated rings. The number of hydrogen-bond donors (Lipinski definition) is 0. The lowest BCUT2D eigenvalue weighted by Gasteiger charge is -2.11. The molecule has 1 atom stereocenters. The van der Waals surface area contributed by atoms with Crippen molar-refractivity contribution in [1.29, 1.82) is 0 Å². The Hall–Kier alpha value is -1.94. The highest BCUT2D eigenvalue weighted by Crippen LogP contribution is 2.30. The van der Waals surface area contributed by atoms with E-state index in [2.05, 4.69) is 4.98 Å². The average Bonchev–Trinajstić information content (AvgIpc) is 2.82. The van der Waals surface area contributed by atoms with Gasteiger partial charge in [-0.25, -0.2) is 13.8 Å². The number of halogens is 3. The molecule has 0 saturated carbocycles. The third kappa shape index (κ3) is 2.29. The fourth-order valence-corrected chi connectivity index (χ4v) is 2.58. The van der Waals surface area contributed by atoms with E-state index in [4.69, 9.17) is 11.6 Å². The first-order valence-corrected chi connectivity index (χ1v) is 7.00. The van der Waals surface area contributed by atoms with Gasteiger partial charge in [0, 0.05) is 6.07 Å². The first kappa shape index (κ1) is 14.0. The van der Waals surface area contributed by atoms with Crippen LogP contribution in [-0.4, -0.2) is 9.55 Å². The molecule has 3 rings (SSSR count). The zero-order chi connectivity index (χ0) is 15.1. The third-order valence-corrected chi connectivity index (χ3v) is 3.61. The first-order valence-electron chi connectivity index (χ1n) is 6.56. The number of alkyl halides is 1. The van der Waals surface area contributed by atoms with Crippen molar-refractivity contribution < 1.29 is 8.78 Å². The van der Waals surface area contributed by atoms with Crippen LogP contribution in [0.5, 0.6) is 0 Å². The molecule has 3 aromatic rings. The number of aryl methyl sites for hydroxylation is 1. The summed E-state index contributed by atoms with van der Waals surface area (Å²) in [5, 5.41) is -0.431. The predicted octanol–water partition coefficient (Wildman–Crippen LogP) is 4.91. The Labute approximate surface area is 126 Å². The molecule has 0 aliphatic carbocycles. The maximum Gasteiger partial charge on any atom is 0.147 e. The van der Waals surface area contributed by atoms with Crippen molar-refractivity contribution in [2.24, 2.45) is 0 Å². The van der Waals surface area contributed by atoms with Gasteiger partial charge >= 0.3 is 0 Å². The highest BCUT2D eigenvalue weighted by molar-refractivity contribution is 6.20. The van der Waals surface area contributed by atoms with Gasteiger partial charge in [0.05, 0.1) is 22.1 Å². The maximum atomic E-state index is 14.1. The molecule has 21 heavy (non-hydrogen) atoms. The summed E-state index contributed by atoms with van der Waals surface area (Å²) in [4.78, 5) is 4.50. The quantitative estimate of drug-likeness (QED) is 0.615. The van der Waals surface area contributed by atoms with Crippen LogP contribution in [0.4, 0.5) is 8.78 Å². The zero-order valence-electron chi connectivity index (χ0n) is 11.6. The highest BCUT2D eigenvalue weighted by Gasteiger charge is 2.19. The van der Waals surface area contributed by atoms with E-state index in [1.165, 1.54) is 0 Å². The molecule has 0 aliphatic heterocycles. The van der Waals surface area contributed by atoms with Gasteiger partial charge in [-0.15, -0.1) is 11.6 Å². The summed E-state index contributed by atoms with van der Waals surface area (Å²) in [7, 11) is 0. The number of hydrogen-bond acceptors (Lipinski definition) is 1. The highest BCUT2D eigenvalue weighted by atomic mass is 35.5. The summed E-state index contributed by atoms with van der Waals surface area (Å²) in [6.07, 6.45) is 0. The van der Waals surface area contributed by atoms with E-state index < -0.39 is 17.0 Å². The van der Waals surface area contributed by atoms with Crippen molar-refractivity contribution in [3.05, 3.63) is 59.4 Å². The van der Waals surface area contributed by atoms with E-state index in [1.54, 1.807) is 11.5 Å². The molecule has 0 aliphatic rings. The standard InChI is InChI=1S/C16H13ClF2N2/c1-9-4-3-5-13-15(9)20-16(10(2)17)21(13)14-8-11(18)6-7-12(14)19/h3-8,10H,1-2H3. The fraction of sp³-hybridized carbons (Fsp3) is 0.188. The van der Waals surface area contributed by atoms with Crippen molar-refractivity contribution in [3.63, 3.8) is 0 Å². The van der Waals surface area contributed by atoms with Gasteiger partial charge < -0.3 is 0 Å². The van der Waals surface area contributed by atoms with Crippen LogP contribution in [0, 0.1) is 18.6 Å². The van der Waals surface area contributed by atoms with E-state index in [9.17, 15) is 8.78 Å². The number of aromatic nitrogens is 2. The molecule has 1 aromatic heterocycles. The Balaban J connectivity index is 2.42. The number of nitrogens with zero attached hydrogens (tertiary/aromatic N) is 2. The lowest BCUT2D eigenvalue weighted by molar-refractivity contribution is 0.591. The molecule has 0 spiro atoms. The number of benzene rings is 2. The van der Waals surface area contributed by atoms with Gasteiger partial charge in [-0.1, -0.05) is 12.1 Å². The molecular formula is C16H13ClF2N2. The summed E-state index contributed by atoms with van der Waals surface area (Å²) in [5.74, 6) is -0.532. The van der Waals surface area contributed by atoms with Gasteiger partial charge in [0.15, 0.2) is 0 Å². The van der Waals surface area contributed by atoms with Crippen molar-refractivity contribution >= 4 is 22.6 Å². The summed E-state index contributed by atoms with van der Waals surface area (Å²) in [6, 6.07) is 8.95. The van der Waals surface area contributed by atoms with Gasteiger partial charge in [0.25, 0.3) is 0 Å². The fourth-order valence-electron chi connectivity index (χ4n) is 2.43. The monoisotopic (exact) mass is 306 g/mol. The molecule has 2 nitrogen and oxygen atoms in total.